The number of carbonyl (C=O) groups excluding carboxylic acids is 1. The van der Waals surface area contributed by atoms with E-state index >= 15 is 0 Å². The molecule has 1 N–H and O–H groups in total. The van der Waals surface area contributed by atoms with Crippen molar-refractivity contribution in [2.24, 2.45) is 0 Å². The third-order valence-electron chi connectivity index (χ3n) is 2.53. The van der Waals surface area contributed by atoms with Gasteiger partial charge in [0.15, 0.2) is 0 Å². The first-order valence-corrected chi connectivity index (χ1v) is 5.47. The van der Waals surface area contributed by atoms with Crippen LogP contribution in [0.15, 0.2) is 18.2 Å². The second-order valence-electron chi connectivity index (χ2n) is 4.26. The monoisotopic (exact) mass is 299 g/mol. The minimum Gasteiger partial charge on any atom is -0.350 e. The van der Waals surface area contributed by atoms with E-state index in [9.17, 15) is 31.1 Å². The predicted octanol–water partition coefficient (Wildman–Crippen LogP) is 3.92. The summed E-state index contributed by atoms with van der Waals surface area (Å²) in [5.41, 5.74) is -3.07. The molecule has 0 aliphatic rings. The third-order valence-corrected chi connectivity index (χ3v) is 2.53. The van der Waals surface area contributed by atoms with E-state index in [2.05, 4.69) is 5.32 Å². The van der Waals surface area contributed by atoms with Crippen molar-refractivity contribution in [3.05, 3.63) is 34.9 Å². The van der Waals surface area contributed by atoms with E-state index in [1.165, 1.54) is 6.92 Å². The zero-order valence-electron chi connectivity index (χ0n) is 10.5. The Hall–Kier alpha value is -1.73. The number of amides is 1. The number of rotatable bonds is 2. The van der Waals surface area contributed by atoms with Gasteiger partial charge >= 0.3 is 12.4 Å². The van der Waals surface area contributed by atoms with Crippen LogP contribution in [-0.2, 0) is 17.1 Å². The van der Waals surface area contributed by atoms with Crippen molar-refractivity contribution in [1.29, 1.82) is 0 Å². The molecule has 1 atom stereocenters. The van der Waals surface area contributed by atoms with Gasteiger partial charge < -0.3 is 5.32 Å². The fourth-order valence-electron chi connectivity index (χ4n) is 1.62. The summed E-state index contributed by atoms with van der Waals surface area (Å²) in [6.07, 6.45) is -9.79. The molecule has 0 aliphatic carbocycles. The van der Waals surface area contributed by atoms with Crippen molar-refractivity contribution in [2.45, 2.75) is 32.2 Å². The summed E-state index contributed by atoms with van der Waals surface area (Å²) in [6.45, 7) is 2.42. The maximum Gasteiger partial charge on any atom is 0.416 e. The van der Waals surface area contributed by atoms with Gasteiger partial charge in [0.1, 0.15) is 0 Å². The van der Waals surface area contributed by atoms with Crippen LogP contribution in [0.5, 0.6) is 0 Å². The summed E-state index contributed by atoms with van der Waals surface area (Å²) >= 11 is 0. The SMILES string of the molecule is CC(=O)NC(C)c1cc(C(F)(F)F)cc(C(F)(F)F)c1. The maximum atomic E-state index is 12.6. The van der Waals surface area contributed by atoms with Gasteiger partial charge in [-0.15, -0.1) is 0 Å². The molecule has 1 aromatic carbocycles. The predicted molar refractivity (Wildman–Crippen MR) is 58.7 cm³/mol. The van der Waals surface area contributed by atoms with Crippen LogP contribution in [-0.4, -0.2) is 5.91 Å². The van der Waals surface area contributed by atoms with Crippen molar-refractivity contribution < 1.29 is 31.1 Å². The molecule has 20 heavy (non-hydrogen) atoms. The Morgan fingerprint density at radius 2 is 1.40 bits per heavy atom. The first-order valence-electron chi connectivity index (χ1n) is 5.47. The highest BCUT2D eigenvalue weighted by Gasteiger charge is 2.37. The lowest BCUT2D eigenvalue weighted by Crippen LogP contribution is -2.24. The molecule has 112 valence electrons. The highest BCUT2D eigenvalue weighted by atomic mass is 19.4. The van der Waals surface area contributed by atoms with Gasteiger partial charge in [0.25, 0.3) is 0 Å². The zero-order chi connectivity index (χ0) is 15.7. The molecule has 1 amide bonds. The summed E-state index contributed by atoms with van der Waals surface area (Å²) in [5.74, 6) is -0.552. The van der Waals surface area contributed by atoms with Crippen LogP contribution in [0.1, 0.15) is 36.6 Å². The van der Waals surface area contributed by atoms with Crippen LogP contribution in [0.4, 0.5) is 26.3 Å². The van der Waals surface area contributed by atoms with Gasteiger partial charge in [-0.1, -0.05) is 0 Å². The third kappa shape index (κ3) is 4.14. The van der Waals surface area contributed by atoms with Crippen LogP contribution in [0.2, 0.25) is 0 Å². The highest BCUT2D eigenvalue weighted by Crippen LogP contribution is 2.37. The molecule has 0 fully saturated rings. The van der Waals surface area contributed by atoms with E-state index in [-0.39, 0.29) is 11.6 Å². The van der Waals surface area contributed by atoms with Crippen LogP contribution < -0.4 is 5.32 Å². The van der Waals surface area contributed by atoms with Gasteiger partial charge in [-0.2, -0.15) is 26.3 Å². The second-order valence-corrected chi connectivity index (χ2v) is 4.26. The van der Waals surface area contributed by atoms with Crippen LogP contribution in [0.25, 0.3) is 0 Å². The quantitative estimate of drug-likeness (QED) is 0.824. The Balaban J connectivity index is 3.34. The molecule has 0 aliphatic heterocycles. The van der Waals surface area contributed by atoms with Crippen LogP contribution in [0, 0.1) is 0 Å². The number of hydrogen-bond acceptors (Lipinski definition) is 1. The van der Waals surface area contributed by atoms with Gasteiger partial charge in [-0.3, -0.25) is 4.79 Å². The standard InChI is InChI=1S/C12H11F6NO/c1-6(19-7(2)20)8-3-9(11(13,14)15)5-10(4-8)12(16,17)18/h3-6H,1-2H3,(H,19,20). The largest absolute Gasteiger partial charge is 0.416 e. The minimum atomic E-state index is -4.90. The molecule has 0 saturated carbocycles. The molecular weight excluding hydrogens is 288 g/mol. The van der Waals surface area contributed by atoms with Gasteiger partial charge in [-0.05, 0) is 30.7 Å². The Morgan fingerprint density at radius 1 is 1.00 bits per heavy atom. The average Bonchev–Trinajstić information content (AvgIpc) is 2.25. The van der Waals surface area contributed by atoms with E-state index in [1.807, 2.05) is 0 Å². The first kappa shape index (κ1) is 16.3. The molecule has 1 unspecified atom stereocenters. The number of alkyl halides is 6. The Kier molecular flexibility index (Phi) is 4.36. The normalized spacial score (nSPS) is 14.0. The number of carbonyl (C=O) groups is 1. The van der Waals surface area contributed by atoms with Crippen molar-refractivity contribution in [3.63, 3.8) is 0 Å². The Morgan fingerprint density at radius 3 is 1.70 bits per heavy atom. The highest BCUT2D eigenvalue weighted by molar-refractivity contribution is 5.73. The summed E-state index contributed by atoms with van der Waals surface area (Å²) < 4.78 is 75.6. The van der Waals surface area contributed by atoms with Gasteiger partial charge in [0.2, 0.25) is 5.91 Å². The van der Waals surface area contributed by atoms with E-state index in [4.69, 9.17) is 0 Å². The smallest absolute Gasteiger partial charge is 0.350 e. The minimum absolute atomic E-state index is 0.0456. The fraction of sp³-hybridized carbons (Fsp3) is 0.417. The summed E-state index contributed by atoms with van der Waals surface area (Å²) in [5, 5.41) is 2.24. The molecule has 0 saturated heterocycles. The van der Waals surface area contributed by atoms with E-state index in [0.29, 0.717) is 12.1 Å². The topological polar surface area (TPSA) is 29.1 Å². The lowest BCUT2D eigenvalue weighted by atomic mass is 10.0. The van der Waals surface area contributed by atoms with E-state index < -0.39 is 35.4 Å². The molecule has 1 aromatic rings. The van der Waals surface area contributed by atoms with Crippen molar-refractivity contribution >= 4 is 5.91 Å². The molecular formula is C12H11F6NO. The lowest BCUT2D eigenvalue weighted by Gasteiger charge is -2.18. The Labute approximate surface area is 110 Å². The lowest BCUT2D eigenvalue weighted by molar-refractivity contribution is -0.143. The number of nitrogens with one attached hydrogen (secondary N) is 1. The molecule has 0 radical (unpaired) electrons. The molecule has 2 nitrogen and oxygen atoms in total. The molecule has 0 aromatic heterocycles. The second kappa shape index (κ2) is 5.34. The Bertz CT molecular complexity index is 473. The van der Waals surface area contributed by atoms with Crippen molar-refractivity contribution in [2.75, 3.05) is 0 Å². The number of benzene rings is 1. The van der Waals surface area contributed by atoms with E-state index in [0.717, 1.165) is 6.92 Å². The summed E-state index contributed by atoms with van der Waals surface area (Å²) in [7, 11) is 0. The van der Waals surface area contributed by atoms with Gasteiger partial charge in [0, 0.05) is 6.92 Å². The molecule has 0 bridgehead atoms. The zero-order valence-corrected chi connectivity index (χ0v) is 10.5. The molecule has 1 rings (SSSR count). The maximum absolute atomic E-state index is 12.6. The molecule has 0 heterocycles. The van der Waals surface area contributed by atoms with Crippen molar-refractivity contribution in [1.82, 2.24) is 5.32 Å². The fourth-order valence-corrected chi connectivity index (χ4v) is 1.62. The van der Waals surface area contributed by atoms with Gasteiger partial charge in [0.05, 0.1) is 17.2 Å². The average molecular weight is 299 g/mol. The van der Waals surface area contributed by atoms with Crippen LogP contribution in [0.3, 0.4) is 0 Å². The summed E-state index contributed by atoms with van der Waals surface area (Å²) in [4.78, 5) is 10.8. The molecule has 8 heteroatoms. The first-order chi connectivity index (χ1) is 8.91. The van der Waals surface area contributed by atoms with Gasteiger partial charge in [-0.25, -0.2) is 0 Å². The summed E-state index contributed by atoms with van der Waals surface area (Å²) in [6, 6.07) is 0.270. The number of hydrogen-bond donors (Lipinski definition) is 1. The van der Waals surface area contributed by atoms with E-state index in [1.54, 1.807) is 0 Å². The molecule has 0 spiro atoms. The van der Waals surface area contributed by atoms with Crippen molar-refractivity contribution in [3.8, 4) is 0 Å². The van der Waals surface area contributed by atoms with Crippen LogP contribution >= 0.6 is 0 Å². The number of halogens is 6.